The van der Waals surface area contributed by atoms with Crippen molar-refractivity contribution in [3.05, 3.63) is 64.7 Å². The summed E-state index contributed by atoms with van der Waals surface area (Å²) in [5.74, 6) is -1.11. The van der Waals surface area contributed by atoms with Gasteiger partial charge in [0.15, 0.2) is 0 Å². The Labute approximate surface area is 172 Å². The molecule has 2 atom stereocenters. The average molecular weight is 416 g/mol. The van der Waals surface area contributed by atoms with E-state index in [4.69, 9.17) is 4.98 Å². The Bertz CT molecular complexity index is 989. The molecule has 7 heteroatoms. The summed E-state index contributed by atoms with van der Waals surface area (Å²) in [5, 5.41) is 3.95. The predicted octanol–water partition coefficient (Wildman–Crippen LogP) is 4.63. The van der Waals surface area contributed by atoms with E-state index >= 15 is 0 Å². The molecular formula is C22H23F2N3OS. The van der Waals surface area contributed by atoms with Gasteiger partial charge in [-0.05, 0) is 44.5 Å². The number of amides is 1. The van der Waals surface area contributed by atoms with E-state index in [2.05, 4.69) is 16.3 Å². The topological polar surface area (TPSA) is 45.2 Å². The van der Waals surface area contributed by atoms with E-state index in [9.17, 15) is 13.6 Å². The molecule has 1 fully saturated rings. The van der Waals surface area contributed by atoms with Crippen molar-refractivity contribution in [2.45, 2.75) is 31.7 Å². The average Bonchev–Trinajstić information content (AvgIpc) is 3.12. The van der Waals surface area contributed by atoms with E-state index in [1.165, 1.54) is 16.8 Å². The van der Waals surface area contributed by atoms with Crippen LogP contribution in [-0.2, 0) is 4.79 Å². The normalized spacial score (nSPS) is 18.7. The molecule has 0 spiro atoms. The summed E-state index contributed by atoms with van der Waals surface area (Å²) in [6.07, 6.45) is 2.07. The molecular weight excluding hydrogens is 392 g/mol. The lowest BCUT2D eigenvalue weighted by molar-refractivity contribution is -0.123. The minimum atomic E-state index is -0.647. The molecule has 4 rings (SSSR count). The van der Waals surface area contributed by atoms with E-state index in [-0.39, 0.29) is 18.0 Å². The first kappa shape index (κ1) is 19.9. The van der Waals surface area contributed by atoms with Crippen LogP contribution in [0, 0.1) is 11.6 Å². The highest BCUT2D eigenvalue weighted by Crippen LogP contribution is 2.32. The molecule has 1 N–H and O–H groups in total. The summed E-state index contributed by atoms with van der Waals surface area (Å²) in [6, 6.07) is 11.0. The quantitative estimate of drug-likeness (QED) is 0.661. The number of halogens is 2. The summed E-state index contributed by atoms with van der Waals surface area (Å²) >= 11 is 1.72. The molecule has 29 heavy (non-hydrogen) atoms. The molecule has 2 heterocycles. The number of thiazole rings is 1. The number of benzene rings is 2. The number of para-hydroxylation sites is 1. The molecule has 0 aliphatic carbocycles. The third-order valence-corrected chi connectivity index (χ3v) is 6.54. The maximum absolute atomic E-state index is 13.9. The number of hydrogen-bond donors (Lipinski definition) is 1. The van der Waals surface area contributed by atoms with E-state index in [0.29, 0.717) is 5.92 Å². The van der Waals surface area contributed by atoms with Crippen LogP contribution in [0.4, 0.5) is 8.78 Å². The fourth-order valence-electron chi connectivity index (χ4n) is 3.89. The van der Waals surface area contributed by atoms with Gasteiger partial charge in [0.25, 0.3) is 0 Å². The van der Waals surface area contributed by atoms with Crippen molar-refractivity contribution in [2.24, 2.45) is 0 Å². The van der Waals surface area contributed by atoms with Crippen molar-refractivity contribution in [2.75, 3.05) is 19.6 Å². The van der Waals surface area contributed by atoms with Gasteiger partial charge >= 0.3 is 0 Å². The first-order chi connectivity index (χ1) is 14.0. The van der Waals surface area contributed by atoms with Gasteiger partial charge in [0.2, 0.25) is 5.91 Å². The Morgan fingerprint density at radius 3 is 2.93 bits per heavy atom. The highest BCUT2D eigenvalue weighted by molar-refractivity contribution is 7.18. The number of piperidine rings is 1. The minimum absolute atomic E-state index is 0.161. The van der Waals surface area contributed by atoms with Crippen molar-refractivity contribution >= 4 is 27.5 Å². The number of fused-ring (bicyclic) bond motifs is 1. The summed E-state index contributed by atoms with van der Waals surface area (Å²) in [4.78, 5) is 19.4. The van der Waals surface area contributed by atoms with Crippen molar-refractivity contribution in [1.82, 2.24) is 15.2 Å². The van der Waals surface area contributed by atoms with Gasteiger partial charge in [0.1, 0.15) is 11.6 Å². The molecule has 1 aliphatic heterocycles. The zero-order chi connectivity index (χ0) is 20.4. The van der Waals surface area contributed by atoms with Gasteiger partial charge in [0, 0.05) is 24.1 Å². The smallest absolute Gasteiger partial charge is 0.234 e. The van der Waals surface area contributed by atoms with E-state index in [1.807, 2.05) is 18.2 Å². The second-order valence-corrected chi connectivity index (χ2v) is 8.61. The number of rotatable bonds is 5. The van der Waals surface area contributed by atoms with Gasteiger partial charge in [-0.2, -0.15) is 0 Å². The number of likely N-dealkylation sites (tertiary alicyclic amines) is 1. The number of nitrogens with zero attached hydrogens (tertiary/aromatic N) is 2. The summed E-state index contributed by atoms with van der Waals surface area (Å²) in [5.41, 5.74) is 1.31. The summed E-state index contributed by atoms with van der Waals surface area (Å²) < 4.78 is 28.2. The lowest BCUT2D eigenvalue weighted by Gasteiger charge is -2.31. The Balaban J connectivity index is 1.36. The molecule has 0 unspecified atom stereocenters. The maximum Gasteiger partial charge on any atom is 0.234 e. The van der Waals surface area contributed by atoms with E-state index in [0.717, 1.165) is 42.5 Å². The van der Waals surface area contributed by atoms with Gasteiger partial charge in [-0.15, -0.1) is 11.3 Å². The lowest BCUT2D eigenvalue weighted by Crippen LogP contribution is -2.42. The van der Waals surface area contributed by atoms with Gasteiger partial charge < -0.3 is 5.32 Å². The van der Waals surface area contributed by atoms with Crippen LogP contribution in [0.2, 0.25) is 0 Å². The van der Waals surface area contributed by atoms with Crippen LogP contribution in [0.15, 0.2) is 42.5 Å². The molecule has 3 aromatic rings. The molecule has 4 nitrogen and oxygen atoms in total. The van der Waals surface area contributed by atoms with Crippen molar-refractivity contribution in [1.29, 1.82) is 0 Å². The number of aromatic nitrogens is 1. The fourth-order valence-corrected chi connectivity index (χ4v) is 4.98. The molecule has 1 aliphatic rings. The fraction of sp³-hybridized carbons (Fsp3) is 0.364. The molecule has 0 radical (unpaired) electrons. The zero-order valence-electron chi connectivity index (χ0n) is 16.2. The largest absolute Gasteiger partial charge is 0.348 e. The number of carbonyl (C=O) groups is 1. The Morgan fingerprint density at radius 2 is 2.14 bits per heavy atom. The molecule has 0 bridgehead atoms. The van der Waals surface area contributed by atoms with Crippen molar-refractivity contribution in [3.63, 3.8) is 0 Å². The molecule has 1 aromatic heterocycles. The van der Waals surface area contributed by atoms with Gasteiger partial charge in [-0.1, -0.05) is 18.2 Å². The highest BCUT2D eigenvalue weighted by atomic mass is 32.1. The van der Waals surface area contributed by atoms with Crippen LogP contribution in [0.3, 0.4) is 0 Å². The monoisotopic (exact) mass is 415 g/mol. The number of carbonyl (C=O) groups excluding carboxylic acids is 1. The highest BCUT2D eigenvalue weighted by Gasteiger charge is 2.26. The molecule has 1 amide bonds. The van der Waals surface area contributed by atoms with E-state index in [1.54, 1.807) is 18.3 Å². The lowest BCUT2D eigenvalue weighted by atomic mass is 9.98. The number of hydrogen-bond acceptors (Lipinski definition) is 4. The van der Waals surface area contributed by atoms with Gasteiger partial charge in [-0.25, -0.2) is 13.8 Å². The SMILES string of the molecule is C[C@@H](NC(=O)CN1CCC[C@H](c2nc3ccccc3s2)C1)c1ccc(F)cc1F. The molecule has 0 saturated carbocycles. The maximum atomic E-state index is 13.9. The second kappa shape index (κ2) is 8.55. The third-order valence-electron chi connectivity index (χ3n) is 5.34. The molecule has 1 saturated heterocycles. The number of nitrogens with one attached hydrogen (secondary N) is 1. The van der Waals surface area contributed by atoms with Gasteiger partial charge in [0.05, 0.1) is 27.8 Å². The summed E-state index contributed by atoms with van der Waals surface area (Å²) in [7, 11) is 0. The second-order valence-electron chi connectivity index (χ2n) is 7.55. The Morgan fingerprint density at radius 1 is 1.31 bits per heavy atom. The zero-order valence-corrected chi connectivity index (χ0v) is 17.0. The third kappa shape index (κ3) is 4.62. The standard InChI is InChI=1S/C22H23F2N3OS/c1-14(17-9-8-16(23)11-18(17)24)25-21(28)13-27-10-4-5-15(12-27)22-26-19-6-2-3-7-20(19)29-22/h2-3,6-9,11,14-15H,4-5,10,12-13H2,1H3,(H,25,28)/t14-,15+/m1/s1. The molecule has 152 valence electrons. The van der Waals surface area contributed by atoms with Crippen LogP contribution < -0.4 is 5.32 Å². The van der Waals surface area contributed by atoms with Crippen LogP contribution in [0.5, 0.6) is 0 Å². The Hall–Kier alpha value is -2.38. The first-order valence-electron chi connectivity index (χ1n) is 9.82. The minimum Gasteiger partial charge on any atom is -0.348 e. The van der Waals surface area contributed by atoms with Crippen LogP contribution in [0.1, 0.15) is 42.3 Å². The van der Waals surface area contributed by atoms with Gasteiger partial charge in [-0.3, -0.25) is 9.69 Å². The van der Waals surface area contributed by atoms with Crippen LogP contribution >= 0.6 is 11.3 Å². The molecule has 2 aromatic carbocycles. The van der Waals surface area contributed by atoms with Crippen LogP contribution in [-0.4, -0.2) is 35.4 Å². The summed E-state index contributed by atoms with van der Waals surface area (Å²) in [6.45, 7) is 3.60. The predicted molar refractivity (Wildman–Crippen MR) is 111 cm³/mol. The van der Waals surface area contributed by atoms with Crippen molar-refractivity contribution in [3.8, 4) is 0 Å². The van der Waals surface area contributed by atoms with Crippen LogP contribution in [0.25, 0.3) is 10.2 Å². The Kier molecular flexibility index (Phi) is 5.87. The van der Waals surface area contributed by atoms with E-state index < -0.39 is 17.7 Å². The van der Waals surface area contributed by atoms with Crippen molar-refractivity contribution < 1.29 is 13.6 Å². The first-order valence-corrected chi connectivity index (χ1v) is 10.6.